The van der Waals surface area contributed by atoms with Crippen LogP contribution in [0.2, 0.25) is 0 Å². The number of carbonyl (C=O) groups is 1. The van der Waals surface area contributed by atoms with Crippen LogP contribution >= 0.6 is 0 Å². The highest BCUT2D eigenvalue weighted by Crippen LogP contribution is 2.15. The van der Waals surface area contributed by atoms with Crippen LogP contribution in [0.4, 0.5) is 10.5 Å². The molecule has 3 heterocycles. The number of aromatic nitrogens is 4. The van der Waals surface area contributed by atoms with Crippen LogP contribution in [-0.2, 0) is 11.3 Å². The molecule has 8 nitrogen and oxygen atoms in total. The highest BCUT2D eigenvalue weighted by Gasteiger charge is 2.23. The van der Waals surface area contributed by atoms with Gasteiger partial charge < -0.3 is 15.0 Å². The summed E-state index contributed by atoms with van der Waals surface area (Å²) in [6.07, 6.45) is 8.01. The molecule has 3 aromatic rings. The van der Waals surface area contributed by atoms with E-state index in [0.717, 1.165) is 17.8 Å². The Bertz CT molecular complexity index is 845. The van der Waals surface area contributed by atoms with Crippen LogP contribution in [0.5, 0.6) is 0 Å². The molecule has 2 amide bonds. The molecule has 1 N–H and O–H groups in total. The molecule has 2 aromatic heterocycles. The van der Waals surface area contributed by atoms with Gasteiger partial charge in [-0.3, -0.25) is 4.68 Å². The van der Waals surface area contributed by atoms with Crippen molar-refractivity contribution in [2.45, 2.75) is 19.1 Å². The van der Waals surface area contributed by atoms with E-state index >= 15 is 0 Å². The van der Waals surface area contributed by atoms with Gasteiger partial charge >= 0.3 is 6.03 Å². The molecule has 4 rings (SSSR count). The van der Waals surface area contributed by atoms with Crippen LogP contribution in [0.3, 0.4) is 0 Å². The van der Waals surface area contributed by atoms with E-state index in [0.29, 0.717) is 26.2 Å². The number of anilines is 1. The first-order valence-electron chi connectivity index (χ1n) is 9.03. The zero-order chi connectivity index (χ0) is 18.5. The maximum absolute atomic E-state index is 12.7. The number of benzene rings is 1. The van der Waals surface area contributed by atoms with Crippen LogP contribution in [0.1, 0.15) is 6.42 Å². The quantitative estimate of drug-likeness (QED) is 0.769. The molecule has 0 radical (unpaired) electrons. The fraction of sp³-hybridized carbons (Fsp3) is 0.316. The first-order valence-corrected chi connectivity index (χ1v) is 9.03. The monoisotopic (exact) mass is 366 g/mol. The van der Waals surface area contributed by atoms with Crippen molar-refractivity contribution < 1.29 is 9.53 Å². The summed E-state index contributed by atoms with van der Waals surface area (Å²) >= 11 is 0. The van der Waals surface area contributed by atoms with Crippen molar-refractivity contribution in [3.05, 3.63) is 61.2 Å². The van der Waals surface area contributed by atoms with E-state index in [1.165, 1.54) is 0 Å². The van der Waals surface area contributed by atoms with Gasteiger partial charge in [-0.1, -0.05) is 0 Å². The highest BCUT2D eigenvalue weighted by molar-refractivity contribution is 5.89. The van der Waals surface area contributed by atoms with Gasteiger partial charge in [-0.2, -0.15) is 10.2 Å². The van der Waals surface area contributed by atoms with Crippen molar-refractivity contribution in [3.8, 4) is 5.69 Å². The van der Waals surface area contributed by atoms with Crippen LogP contribution in [-0.4, -0.2) is 56.3 Å². The number of nitrogens with one attached hydrogen (secondary N) is 1. The molecule has 0 bridgehead atoms. The Hall–Kier alpha value is -3.13. The average molecular weight is 366 g/mol. The van der Waals surface area contributed by atoms with Crippen molar-refractivity contribution in [2.24, 2.45) is 0 Å². The summed E-state index contributed by atoms with van der Waals surface area (Å²) in [6, 6.07) is 11.3. The Morgan fingerprint density at radius 3 is 2.70 bits per heavy atom. The number of nitrogens with zero attached hydrogens (tertiary/aromatic N) is 5. The van der Waals surface area contributed by atoms with Gasteiger partial charge in [-0.15, -0.1) is 0 Å². The van der Waals surface area contributed by atoms with Crippen molar-refractivity contribution in [3.63, 3.8) is 0 Å². The topological polar surface area (TPSA) is 77.2 Å². The van der Waals surface area contributed by atoms with Crippen LogP contribution in [0.15, 0.2) is 61.2 Å². The van der Waals surface area contributed by atoms with Crippen molar-refractivity contribution in [1.29, 1.82) is 0 Å². The Morgan fingerprint density at radius 2 is 1.96 bits per heavy atom. The molecular weight excluding hydrogens is 344 g/mol. The summed E-state index contributed by atoms with van der Waals surface area (Å²) in [7, 11) is 0. The Morgan fingerprint density at radius 1 is 1.15 bits per heavy atom. The standard InChI is InChI=1S/C19H22N6O2/c26-19(22-16-4-6-17(7-5-16)25-12-2-9-21-25)23-10-3-13-27-18(14-23)15-24-11-1-8-20-24/h1-2,4-9,11-12,18H,3,10,13-15H2,(H,22,26)/t18-/m0/s1. The summed E-state index contributed by atoms with van der Waals surface area (Å²) in [5.74, 6) is 0. The number of hydrogen-bond acceptors (Lipinski definition) is 4. The van der Waals surface area contributed by atoms with E-state index < -0.39 is 0 Å². The van der Waals surface area contributed by atoms with E-state index in [4.69, 9.17) is 4.74 Å². The summed E-state index contributed by atoms with van der Waals surface area (Å²) in [5.41, 5.74) is 1.70. The third-order valence-electron chi connectivity index (χ3n) is 4.47. The van der Waals surface area contributed by atoms with Crippen LogP contribution in [0, 0.1) is 0 Å². The minimum Gasteiger partial charge on any atom is -0.374 e. The van der Waals surface area contributed by atoms with Crippen molar-refractivity contribution in [1.82, 2.24) is 24.5 Å². The molecule has 27 heavy (non-hydrogen) atoms. The van der Waals surface area contributed by atoms with Gasteiger partial charge in [0.2, 0.25) is 0 Å². The normalized spacial score (nSPS) is 17.5. The smallest absolute Gasteiger partial charge is 0.321 e. The van der Waals surface area contributed by atoms with Crippen LogP contribution < -0.4 is 5.32 Å². The molecule has 8 heteroatoms. The van der Waals surface area contributed by atoms with Gasteiger partial charge in [0.25, 0.3) is 0 Å². The van der Waals surface area contributed by atoms with E-state index in [1.54, 1.807) is 17.1 Å². The lowest BCUT2D eigenvalue weighted by atomic mass is 10.3. The molecule has 140 valence electrons. The van der Waals surface area contributed by atoms with Crippen molar-refractivity contribution >= 4 is 11.7 Å². The molecule has 0 saturated carbocycles. The number of hydrogen-bond donors (Lipinski definition) is 1. The van der Waals surface area contributed by atoms with Crippen molar-refractivity contribution in [2.75, 3.05) is 25.0 Å². The van der Waals surface area contributed by atoms with E-state index in [9.17, 15) is 4.79 Å². The number of carbonyl (C=O) groups excluding carboxylic acids is 1. The summed E-state index contributed by atoms with van der Waals surface area (Å²) < 4.78 is 9.48. The summed E-state index contributed by atoms with van der Waals surface area (Å²) in [6.45, 7) is 2.49. The van der Waals surface area contributed by atoms with Gasteiger partial charge in [-0.05, 0) is 42.8 Å². The average Bonchev–Trinajstić information content (AvgIpc) is 3.34. The zero-order valence-electron chi connectivity index (χ0n) is 14.9. The lowest BCUT2D eigenvalue weighted by Gasteiger charge is -2.24. The number of amides is 2. The van der Waals surface area contributed by atoms with E-state index in [2.05, 4.69) is 15.5 Å². The second-order valence-corrected chi connectivity index (χ2v) is 6.45. The fourth-order valence-corrected chi connectivity index (χ4v) is 3.13. The molecule has 1 aliphatic rings. The molecule has 1 saturated heterocycles. The highest BCUT2D eigenvalue weighted by atomic mass is 16.5. The molecule has 1 atom stereocenters. The molecule has 1 fully saturated rings. The second-order valence-electron chi connectivity index (χ2n) is 6.45. The summed E-state index contributed by atoms with van der Waals surface area (Å²) in [4.78, 5) is 14.5. The van der Waals surface area contributed by atoms with Gasteiger partial charge in [0.05, 0.1) is 24.9 Å². The molecular formula is C19H22N6O2. The molecule has 0 unspecified atom stereocenters. The Kier molecular flexibility index (Phi) is 5.15. The number of ether oxygens (including phenoxy) is 1. The minimum atomic E-state index is -0.113. The maximum Gasteiger partial charge on any atom is 0.321 e. The maximum atomic E-state index is 12.7. The Balaban J connectivity index is 1.37. The lowest BCUT2D eigenvalue weighted by Crippen LogP contribution is -2.41. The number of rotatable bonds is 4. The Labute approximate surface area is 157 Å². The van der Waals surface area contributed by atoms with E-state index in [1.807, 2.05) is 58.4 Å². The minimum absolute atomic E-state index is 0.0691. The summed E-state index contributed by atoms with van der Waals surface area (Å²) in [5, 5.41) is 11.4. The predicted molar refractivity (Wildman–Crippen MR) is 101 cm³/mol. The van der Waals surface area contributed by atoms with Gasteiger partial charge in [0, 0.05) is 43.6 Å². The first kappa shape index (κ1) is 17.3. The van der Waals surface area contributed by atoms with Gasteiger partial charge in [0.15, 0.2) is 0 Å². The van der Waals surface area contributed by atoms with Crippen LogP contribution in [0.25, 0.3) is 5.69 Å². The third kappa shape index (κ3) is 4.35. The first-order chi connectivity index (χ1) is 13.3. The zero-order valence-corrected chi connectivity index (χ0v) is 14.9. The fourth-order valence-electron chi connectivity index (χ4n) is 3.13. The second kappa shape index (κ2) is 8.05. The third-order valence-corrected chi connectivity index (χ3v) is 4.47. The number of urea groups is 1. The predicted octanol–water partition coefficient (Wildman–Crippen LogP) is 2.39. The molecule has 1 aliphatic heterocycles. The molecule has 0 spiro atoms. The largest absolute Gasteiger partial charge is 0.374 e. The SMILES string of the molecule is O=C(Nc1ccc(-n2cccn2)cc1)N1CCCO[C@H](Cn2cccn2)C1. The van der Waals surface area contributed by atoms with Gasteiger partial charge in [-0.25, -0.2) is 9.48 Å². The molecule has 0 aliphatic carbocycles. The lowest BCUT2D eigenvalue weighted by molar-refractivity contribution is 0.0442. The van der Waals surface area contributed by atoms with Gasteiger partial charge in [0.1, 0.15) is 0 Å². The van der Waals surface area contributed by atoms with E-state index in [-0.39, 0.29) is 12.1 Å². The molecule has 1 aromatic carbocycles.